The first-order valence-corrected chi connectivity index (χ1v) is 14.0. The number of amides is 1. The van der Waals surface area contributed by atoms with Crippen molar-refractivity contribution in [3.8, 4) is 17.2 Å². The second kappa shape index (κ2) is 10.9. The average molecular weight is 555 g/mol. The highest BCUT2D eigenvalue weighted by Crippen LogP contribution is 2.49. The molecule has 1 spiro atoms. The predicted molar refractivity (Wildman–Crippen MR) is 159 cm³/mol. The van der Waals surface area contributed by atoms with Crippen LogP contribution in [0, 0.1) is 16.7 Å². The maximum absolute atomic E-state index is 12.1. The standard InChI is InChI=1S/C31H38N8O2/c1-21(26-13-22(24-18-34-37(6)19-24)20-39-28(26)23(16-32)17-35-39)7-8-27(33-5)38-11-9-31(10-12-38)14-25(15-31)36-29(40)41-30(2,3)4/h7-8,13,17-20,25H,5,9-12,14-15H2,1-4,6H3,(H,36,40)/b21-7+,27-8+. The lowest BCUT2D eigenvalue weighted by atomic mass is 9.60. The molecule has 10 nitrogen and oxygen atoms in total. The lowest BCUT2D eigenvalue weighted by Gasteiger charge is -2.52. The summed E-state index contributed by atoms with van der Waals surface area (Å²) in [5.41, 5.74) is 4.93. The molecule has 2 aliphatic rings. The summed E-state index contributed by atoms with van der Waals surface area (Å²) in [7, 11) is 1.89. The molecule has 214 valence electrons. The average Bonchev–Trinajstić information content (AvgIpc) is 3.53. The number of fused-ring (bicyclic) bond motifs is 1. The zero-order valence-electron chi connectivity index (χ0n) is 24.5. The predicted octanol–water partition coefficient (Wildman–Crippen LogP) is 5.32. The van der Waals surface area contributed by atoms with Crippen LogP contribution in [-0.2, 0) is 11.8 Å². The zero-order valence-corrected chi connectivity index (χ0v) is 24.5. The minimum absolute atomic E-state index is 0.177. The van der Waals surface area contributed by atoms with E-state index >= 15 is 0 Å². The third-order valence-corrected chi connectivity index (χ3v) is 8.07. The van der Waals surface area contributed by atoms with E-state index in [1.54, 1.807) is 15.4 Å². The summed E-state index contributed by atoms with van der Waals surface area (Å²) in [6.07, 6.45) is 15.1. The van der Waals surface area contributed by atoms with Crippen LogP contribution in [-0.4, -0.2) is 61.8 Å². The summed E-state index contributed by atoms with van der Waals surface area (Å²) in [6.45, 7) is 13.3. The van der Waals surface area contributed by atoms with Crippen molar-refractivity contribution >= 4 is 23.9 Å². The molecule has 41 heavy (non-hydrogen) atoms. The molecule has 1 aliphatic carbocycles. The molecular weight excluding hydrogens is 516 g/mol. The van der Waals surface area contributed by atoms with Gasteiger partial charge in [-0.2, -0.15) is 15.5 Å². The van der Waals surface area contributed by atoms with Crippen molar-refractivity contribution in [2.24, 2.45) is 17.5 Å². The van der Waals surface area contributed by atoms with E-state index in [9.17, 15) is 10.1 Å². The van der Waals surface area contributed by atoms with Gasteiger partial charge in [0, 0.05) is 55.3 Å². The van der Waals surface area contributed by atoms with Crippen molar-refractivity contribution in [3.05, 3.63) is 60.0 Å². The van der Waals surface area contributed by atoms with Crippen LogP contribution >= 0.6 is 0 Å². The molecule has 4 heterocycles. The number of aromatic nitrogens is 4. The summed E-state index contributed by atoms with van der Waals surface area (Å²) in [4.78, 5) is 18.8. The lowest BCUT2D eigenvalue weighted by molar-refractivity contribution is 0.00402. The molecule has 10 heteroatoms. The summed E-state index contributed by atoms with van der Waals surface area (Å²) < 4.78 is 8.93. The van der Waals surface area contributed by atoms with Gasteiger partial charge in [-0.15, -0.1) is 0 Å². The highest BCUT2D eigenvalue weighted by Gasteiger charge is 2.46. The third-order valence-electron chi connectivity index (χ3n) is 8.07. The Bertz CT molecular complexity index is 1560. The summed E-state index contributed by atoms with van der Waals surface area (Å²) in [5, 5.41) is 21.5. The van der Waals surface area contributed by atoms with Gasteiger partial charge in [0.25, 0.3) is 0 Å². The van der Waals surface area contributed by atoms with Gasteiger partial charge < -0.3 is 15.0 Å². The topological polar surface area (TPSA) is 113 Å². The van der Waals surface area contributed by atoms with Gasteiger partial charge in [-0.05, 0) is 83.2 Å². The number of piperidine rings is 1. The molecule has 0 radical (unpaired) electrons. The number of hydrogen-bond donors (Lipinski definition) is 1. The summed E-state index contributed by atoms with van der Waals surface area (Å²) in [6, 6.07) is 4.53. The van der Waals surface area contributed by atoms with Gasteiger partial charge in [-0.1, -0.05) is 6.08 Å². The van der Waals surface area contributed by atoms with E-state index in [2.05, 4.69) is 44.3 Å². The smallest absolute Gasteiger partial charge is 0.407 e. The zero-order chi connectivity index (χ0) is 29.4. The van der Waals surface area contributed by atoms with Crippen LogP contribution in [0.2, 0.25) is 0 Å². The molecule has 0 atom stereocenters. The number of alkyl carbamates (subject to hydrolysis) is 1. The van der Waals surface area contributed by atoms with E-state index in [4.69, 9.17) is 4.74 Å². The van der Waals surface area contributed by atoms with Crippen molar-refractivity contribution in [3.63, 3.8) is 0 Å². The first kappa shape index (κ1) is 28.1. The Morgan fingerprint density at radius 2 is 1.93 bits per heavy atom. The van der Waals surface area contributed by atoms with E-state index < -0.39 is 5.60 Å². The molecule has 1 saturated heterocycles. The minimum atomic E-state index is -0.491. The number of carbonyl (C=O) groups excluding carboxylic acids is 1. The van der Waals surface area contributed by atoms with Crippen LogP contribution < -0.4 is 5.32 Å². The molecule has 3 aromatic rings. The van der Waals surface area contributed by atoms with Crippen LogP contribution in [0.4, 0.5) is 4.79 Å². The first-order valence-electron chi connectivity index (χ1n) is 14.0. The minimum Gasteiger partial charge on any atom is -0.444 e. The maximum Gasteiger partial charge on any atom is 0.407 e. The van der Waals surface area contributed by atoms with E-state index in [-0.39, 0.29) is 17.6 Å². The largest absolute Gasteiger partial charge is 0.444 e. The van der Waals surface area contributed by atoms with Crippen molar-refractivity contribution in [2.45, 2.75) is 65.0 Å². The van der Waals surface area contributed by atoms with Gasteiger partial charge in [0.05, 0.1) is 23.5 Å². The Balaban J connectivity index is 1.29. The molecule has 1 N–H and O–H groups in total. The lowest BCUT2D eigenvalue weighted by Crippen LogP contribution is -2.55. The Hall–Kier alpha value is -4.39. The van der Waals surface area contributed by atoms with Gasteiger partial charge in [-0.25, -0.2) is 14.3 Å². The van der Waals surface area contributed by atoms with Gasteiger partial charge in [-0.3, -0.25) is 4.68 Å². The molecular formula is C31H38N8O2. The molecule has 0 aromatic carbocycles. The third kappa shape index (κ3) is 6.04. The first-order chi connectivity index (χ1) is 19.5. The molecule has 1 saturated carbocycles. The summed E-state index contributed by atoms with van der Waals surface area (Å²) >= 11 is 0. The number of nitriles is 1. The number of aliphatic imine (C=N–C) groups is 1. The SMILES string of the molecule is C=N/C(=C\C=C(/C)c1cc(-c2cnn(C)c2)cn2ncc(C#N)c12)N1CCC2(CC1)CC(NC(=O)OC(C)(C)C)C2. The van der Waals surface area contributed by atoms with E-state index in [1.807, 2.05) is 65.5 Å². The number of hydrogen-bond acceptors (Lipinski definition) is 7. The molecule has 0 bridgehead atoms. The van der Waals surface area contributed by atoms with Crippen LogP contribution in [0.5, 0.6) is 0 Å². The van der Waals surface area contributed by atoms with Crippen LogP contribution in [0.15, 0.2) is 53.8 Å². The highest BCUT2D eigenvalue weighted by atomic mass is 16.6. The fourth-order valence-corrected chi connectivity index (χ4v) is 5.96. The fraction of sp³-hybridized carbons (Fsp3) is 0.452. The quantitative estimate of drug-likeness (QED) is 0.326. The fourth-order valence-electron chi connectivity index (χ4n) is 5.96. The van der Waals surface area contributed by atoms with Crippen molar-refractivity contribution in [1.82, 2.24) is 29.6 Å². The number of likely N-dealkylation sites (tertiary alicyclic amines) is 1. The number of ether oxygens (including phenoxy) is 1. The second-order valence-electron chi connectivity index (χ2n) is 12.3. The monoisotopic (exact) mass is 554 g/mol. The van der Waals surface area contributed by atoms with Crippen LogP contribution in [0.1, 0.15) is 64.5 Å². The number of pyridine rings is 1. The van der Waals surface area contributed by atoms with E-state index in [0.29, 0.717) is 5.56 Å². The Morgan fingerprint density at radius 1 is 1.20 bits per heavy atom. The Labute approximate surface area is 241 Å². The molecule has 0 unspecified atom stereocenters. The van der Waals surface area contributed by atoms with E-state index in [0.717, 1.165) is 72.4 Å². The molecule has 1 amide bonds. The number of nitrogens with zero attached hydrogens (tertiary/aromatic N) is 7. The van der Waals surface area contributed by atoms with Gasteiger partial charge in [0.1, 0.15) is 17.5 Å². The number of allylic oxidation sites excluding steroid dienone is 3. The summed E-state index contributed by atoms with van der Waals surface area (Å²) in [5.74, 6) is 0.829. The van der Waals surface area contributed by atoms with Gasteiger partial charge >= 0.3 is 6.09 Å². The normalized spacial score (nSPS) is 17.8. The van der Waals surface area contributed by atoms with Crippen molar-refractivity contribution in [1.29, 1.82) is 5.26 Å². The Morgan fingerprint density at radius 3 is 2.54 bits per heavy atom. The number of carbonyl (C=O) groups is 1. The molecule has 2 fully saturated rings. The molecule has 5 rings (SSSR count). The van der Waals surface area contributed by atoms with Crippen LogP contribution in [0.25, 0.3) is 22.2 Å². The number of rotatable bonds is 6. The van der Waals surface area contributed by atoms with E-state index in [1.165, 1.54) is 0 Å². The van der Waals surface area contributed by atoms with Crippen molar-refractivity contribution in [2.75, 3.05) is 13.1 Å². The highest BCUT2D eigenvalue weighted by molar-refractivity contribution is 5.84. The second-order valence-corrected chi connectivity index (χ2v) is 12.3. The maximum atomic E-state index is 12.1. The van der Waals surface area contributed by atoms with Crippen LogP contribution in [0.3, 0.4) is 0 Å². The van der Waals surface area contributed by atoms with Gasteiger partial charge in [0.15, 0.2) is 0 Å². The number of nitrogens with one attached hydrogen (secondary N) is 1. The van der Waals surface area contributed by atoms with Gasteiger partial charge in [0.2, 0.25) is 0 Å². The molecule has 3 aromatic heterocycles. The number of aryl methyl sites for hydroxylation is 1. The van der Waals surface area contributed by atoms with Crippen molar-refractivity contribution < 1.29 is 9.53 Å². The Kier molecular flexibility index (Phi) is 7.47. The molecule has 1 aliphatic heterocycles.